The highest BCUT2D eigenvalue weighted by Crippen LogP contribution is 2.47. The topological polar surface area (TPSA) is 67.6 Å². The summed E-state index contributed by atoms with van der Waals surface area (Å²) in [5.41, 5.74) is 4.43. The zero-order valence-corrected chi connectivity index (χ0v) is 18.8. The van der Waals surface area contributed by atoms with Crippen molar-refractivity contribution in [2.45, 2.75) is 59.0 Å². The van der Waals surface area contributed by atoms with Gasteiger partial charge >= 0.3 is 0 Å². The van der Waals surface area contributed by atoms with Gasteiger partial charge in [-0.3, -0.25) is 19.3 Å². The number of likely N-dealkylation sites (tertiary alicyclic amines) is 1. The highest BCUT2D eigenvalue weighted by atomic mass is 16.2. The lowest BCUT2D eigenvalue weighted by Crippen LogP contribution is -2.50. The second-order valence-corrected chi connectivity index (χ2v) is 10.4. The number of benzene rings is 1. The third-order valence-corrected chi connectivity index (χ3v) is 7.50. The Hall–Kier alpha value is -2.76. The van der Waals surface area contributed by atoms with Crippen molar-refractivity contribution >= 4 is 17.9 Å². The standard InChI is InChI=1S/C25H30N4O2/c1-16-22(30)21-20(15-29(27-21)24(2,3)4)12-25(16)7-9-28(10-8-25)23(31)17-5-6-18-13-26-14-19(18)11-17/h5-6,11,14-16H,7-10,12-13H2,1-4H3. The molecule has 0 saturated carbocycles. The zero-order chi connectivity index (χ0) is 22.0. The number of carbonyl (C=O) groups excluding carboxylic acids is 2. The van der Waals surface area contributed by atoms with Crippen LogP contribution in [0, 0.1) is 11.3 Å². The van der Waals surface area contributed by atoms with Crippen molar-refractivity contribution in [2.75, 3.05) is 13.1 Å². The van der Waals surface area contributed by atoms with E-state index < -0.39 is 0 Å². The number of piperidine rings is 1. The lowest BCUT2D eigenvalue weighted by atomic mass is 9.61. The van der Waals surface area contributed by atoms with Crippen LogP contribution in [0.2, 0.25) is 0 Å². The summed E-state index contributed by atoms with van der Waals surface area (Å²) in [5, 5.41) is 4.63. The van der Waals surface area contributed by atoms with Gasteiger partial charge in [0.05, 0.1) is 12.1 Å². The first-order chi connectivity index (χ1) is 14.7. The molecule has 1 aromatic heterocycles. The van der Waals surface area contributed by atoms with E-state index in [1.807, 2.05) is 34.0 Å². The Balaban J connectivity index is 1.34. The van der Waals surface area contributed by atoms with Crippen LogP contribution in [0.25, 0.3) is 0 Å². The molecular weight excluding hydrogens is 388 g/mol. The minimum absolute atomic E-state index is 0.0724. The van der Waals surface area contributed by atoms with E-state index in [0.717, 1.165) is 36.0 Å². The predicted octanol–water partition coefficient (Wildman–Crippen LogP) is 3.87. The van der Waals surface area contributed by atoms with E-state index in [1.165, 1.54) is 5.56 Å². The SMILES string of the molecule is CC1C(=O)c2nn(C(C)(C)C)cc2CC12CCN(C(=O)c1ccc3c(c1)C=NC3)CC2. The maximum absolute atomic E-state index is 13.2. The highest BCUT2D eigenvalue weighted by molar-refractivity contribution is 5.99. The molecule has 1 atom stereocenters. The summed E-state index contributed by atoms with van der Waals surface area (Å²) in [6.45, 7) is 10.4. The molecule has 1 aromatic carbocycles. The van der Waals surface area contributed by atoms with Crippen LogP contribution in [0.3, 0.4) is 0 Å². The van der Waals surface area contributed by atoms with E-state index in [0.29, 0.717) is 25.3 Å². The average Bonchev–Trinajstić information content (AvgIpc) is 3.38. The van der Waals surface area contributed by atoms with Gasteiger partial charge in [-0.15, -0.1) is 0 Å². The van der Waals surface area contributed by atoms with Crippen LogP contribution in [0.1, 0.15) is 78.1 Å². The number of fused-ring (bicyclic) bond motifs is 2. The predicted molar refractivity (Wildman–Crippen MR) is 120 cm³/mol. The molecule has 0 radical (unpaired) electrons. The van der Waals surface area contributed by atoms with Gasteiger partial charge in [0.15, 0.2) is 5.78 Å². The third-order valence-electron chi connectivity index (χ3n) is 7.50. The van der Waals surface area contributed by atoms with Gasteiger partial charge < -0.3 is 4.90 Å². The Labute approximate surface area is 183 Å². The minimum atomic E-state index is -0.148. The van der Waals surface area contributed by atoms with Crippen LogP contribution in [0.15, 0.2) is 29.4 Å². The van der Waals surface area contributed by atoms with E-state index in [1.54, 1.807) is 0 Å². The molecule has 2 aromatic rings. The first-order valence-corrected chi connectivity index (χ1v) is 11.2. The minimum Gasteiger partial charge on any atom is -0.339 e. The number of rotatable bonds is 1. The fourth-order valence-corrected chi connectivity index (χ4v) is 5.29. The Bertz CT molecular complexity index is 1100. The summed E-state index contributed by atoms with van der Waals surface area (Å²) in [5.74, 6) is 0.160. The van der Waals surface area contributed by atoms with Gasteiger partial charge in [-0.05, 0) is 68.7 Å². The molecule has 2 aliphatic heterocycles. The van der Waals surface area contributed by atoms with Crippen molar-refractivity contribution in [3.8, 4) is 0 Å². The summed E-state index contributed by atoms with van der Waals surface area (Å²) in [6, 6.07) is 5.88. The summed E-state index contributed by atoms with van der Waals surface area (Å²) in [4.78, 5) is 32.6. The zero-order valence-electron chi connectivity index (χ0n) is 18.8. The molecule has 1 fully saturated rings. The number of aromatic nitrogens is 2. The molecule has 1 unspecified atom stereocenters. The van der Waals surface area contributed by atoms with Crippen LogP contribution in [-0.2, 0) is 18.5 Å². The number of aliphatic imine (C=N–C) groups is 1. The molecule has 6 nitrogen and oxygen atoms in total. The van der Waals surface area contributed by atoms with Gasteiger partial charge in [0.2, 0.25) is 0 Å². The van der Waals surface area contributed by atoms with Crippen LogP contribution in [-0.4, -0.2) is 45.7 Å². The van der Waals surface area contributed by atoms with Crippen molar-refractivity contribution in [1.82, 2.24) is 14.7 Å². The van der Waals surface area contributed by atoms with Gasteiger partial charge in [-0.1, -0.05) is 13.0 Å². The third kappa shape index (κ3) is 3.24. The van der Waals surface area contributed by atoms with Crippen LogP contribution >= 0.6 is 0 Å². The molecule has 0 N–H and O–H groups in total. The number of ketones is 1. The monoisotopic (exact) mass is 418 g/mol. The van der Waals surface area contributed by atoms with E-state index in [9.17, 15) is 9.59 Å². The molecule has 1 saturated heterocycles. The first-order valence-electron chi connectivity index (χ1n) is 11.2. The van der Waals surface area contributed by atoms with Gasteiger partial charge in [0.1, 0.15) is 5.69 Å². The maximum Gasteiger partial charge on any atom is 0.253 e. The maximum atomic E-state index is 13.2. The Morgan fingerprint density at radius 2 is 1.90 bits per heavy atom. The van der Waals surface area contributed by atoms with E-state index >= 15 is 0 Å². The molecule has 5 rings (SSSR count). The Kier molecular flexibility index (Phi) is 4.47. The first kappa shape index (κ1) is 20.2. The quantitative estimate of drug-likeness (QED) is 0.706. The van der Waals surface area contributed by atoms with Gasteiger partial charge in [-0.25, -0.2) is 0 Å². The fourth-order valence-electron chi connectivity index (χ4n) is 5.29. The van der Waals surface area contributed by atoms with E-state index in [2.05, 4.69) is 44.0 Å². The summed E-state index contributed by atoms with van der Waals surface area (Å²) >= 11 is 0. The van der Waals surface area contributed by atoms with Gasteiger partial charge in [0, 0.05) is 42.5 Å². The van der Waals surface area contributed by atoms with Crippen molar-refractivity contribution in [2.24, 2.45) is 16.3 Å². The number of amides is 1. The summed E-state index contributed by atoms with van der Waals surface area (Å²) in [7, 11) is 0. The van der Waals surface area contributed by atoms with E-state index in [4.69, 9.17) is 0 Å². The van der Waals surface area contributed by atoms with Crippen LogP contribution < -0.4 is 0 Å². The molecular formula is C25H30N4O2. The highest BCUT2D eigenvalue weighted by Gasteiger charge is 2.48. The van der Waals surface area contributed by atoms with Gasteiger partial charge in [-0.2, -0.15) is 5.10 Å². The second-order valence-electron chi connectivity index (χ2n) is 10.4. The smallest absolute Gasteiger partial charge is 0.253 e. The Morgan fingerprint density at radius 1 is 1.16 bits per heavy atom. The fraction of sp³-hybridized carbons (Fsp3) is 0.520. The largest absolute Gasteiger partial charge is 0.339 e. The lowest BCUT2D eigenvalue weighted by molar-refractivity contribution is 0.0348. The molecule has 1 amide bonds. The number of Topliss-reactive ketones (excluding diaryl/α,β-unsaturated/α-hetero) is 1. The Morgan fingerprint density at radius 3 is 2.61 bits per heavy atom. The van der Waals surface area contributed by atoms with E-state index in [-0.39, 0.29) is 28.6 Å². The second kappa shape index (κ2) is 6.87. The molecule has 1 spiro atoms. The average molecular weight is 419 g/mol. The normalized spacial score (nSPS) is 22.0. The lowest BCUT2D eigenvalue weighted by Gasteiger charge is -2.47. The van der Waals surface area contributed by atoms with Crippen molar-refractivity contribution < 1.29 is 9.59 Å². The molecule has 162 valence electrons. The molecule has 31 heavy (non-hydrogen) atoms. The van der Waals surface area contributed by atoms with Crippen molar-refractivity contribution in [3.63, 3.8) is 0 Å². The van der Waals surface area contributed by atoms with Crippen molar-refractivity contribution in [3.05, 3.63) is 52.3 Å². The molecule has 1 aliphatic carbocycles. The number of hydrogen-bond donors (Lipinski definition) is 0. The van der Waals surface area contributed by atoms with Crippen LogP contribution in [0.5, 0.6) is 0 Å². The molecule has 0 bridgehead atoms. The van der Waals surface area contributed by atoms with Gasteiger partial charge in [0.25, 0.3) is 5.91 Å². The number of nitrogens with zero attached hydrogens (tertiary/aromatic N) is 4. The number of hydrogen-bond acceptors (Lipinski definition) is 4. The summed E-state index contributed by atoms with van der Waals surface area (Å²) < 4.78 is 1.93. The molecule has 6 heteroatoms. The van der Waals surface area contributed by atoms with Crippen molar-refractivity contribution in [1.29, 1.82) is 0 Å². The number of carbonyl (C=O) groups is 2. The van der Waals surface area contributed by atoms with Crippen LogP contribution in [0.4, 0.5) is 0 Å². The molecule has 3 heterocycles. The summed E-state index contributed by atoms with van der Waals surface area (Å²) in [6.07, 6.45) is 6.46. The molecule has 3 aliphatic rings.